The Bertz CT molecular complexity index is 1040. The second kappa shape index (κ2) is 8.06. The maximum atomic E-state index is 13.7. The summed E-state index contributed by atoms with van der Waals surface area (Å²) in [5.74, 6) is -0.227. The van der Waals surface area contributed by atoms with E-state index in [2.05, 4.69) is 20.5 Å². The summed E-state index contributed by atoms with van der Waals surface area (Å²) in [4.78, 5) is 15.6. The highest BCUT2D eigenvalue weighted by Crippen LogP contribution is 2.44. The van der Waals surface area contributed by atoms with Crippen molar-refractivity contribution in [3.05, 3.63) is 66.0 Å². The molecule has 2 heterocycles. The molecule has 0 aliphatic heterocycles. The summed E-state index contributed by atoms with van der Waals surface area (Å²) < 4.78 is 18.8. The highest BCUT2D eigenvalue weighted by atomic mass is 19.1. The first kappa shape index (κ1) is 19.8. The van der Waals surface area contributed by atoms with Crippen LogP contribution in [0.4, 0.5) is 10.2 Å². The van der Waals surface area contributed by atoms with Crippen LogP contribution < -0.4 is 10.1 Å². The standard InChI is InChI=1S/C22H21FN4O3/c1-30-18-10-14(5-6-16(18)21(28)29)17-7-8-20(27-26-17)25-13-22(11-15(23)12-22)19-4-2-3-9-24-19/h2-10,15H,11-13H2,1H3,(H,25,27)(H,28,29). The number of hydrogen-bond acceptors (Lipinski definition) is 6. The van der Waals surface area contributed by atoms with Crippen molar-refractivity contribution < 1.29 is 19.0 Å². The number of ether oxygens (including phenoxy) is 1. The molecule has 7 nitrogen and oxygen atoms in total. The number of halogens is 1. The zero-order valence-electron chi connectivity index (χ0n) is 16.4. The lowest BCUT2D eigenvalue weighted by Gasteiger charge is -2.43. The average molecular weight is 408 g/mol. The number of nitrogens with zero attached hydrogens (tertiary/aromatic N) is 3. The maximum Gasteiger partial charge on any atom is 0.339 e. The third kappa shape index (κ3) is 3.80. The van der Waals surface area contributed by atoms with Crippen LogP contribution in [-0.4, -0.2) is 46.1 Å². The molecular weight excluding hydrogens is 387 g/mol. The summed E-state index contributed by atoms with van der Waals surface area (Å²) in [6.07, 6.45) is 1.77. The molecule has 1 aliphatic rings. The fraction of sp³-hybridized carbons (Fsp3) is 0.273. The molecular formula is C22H21FN4O3. The van der Waals surface area contributed by atoms with E-state index in [0.717, 1.165) is 5.69 Å². The molecule has 8 heteroatoms. The quantitative estimate of drug-likeness (QED) is 0.615. The number of carboxylic acid groups (broad SMARTS) is 1. The van der Waals surface area contributed by atoms with E-state index in [1.807, 2.05) is 18.2 Å². The summed E-state index contributed by atoms with van der Waals surface area (Å²) in [5.41, 5.74) is 1.89. The van der Waals surface area contributed by atoms with Gasteiger partial charge in [0.05, 0.1) is 12.8 Å². The number of nitrogens with one attached hydrogen (secondary N) is 1. The van der Waals surface area contributed by atoms with Gasteiger partial charge >= 0.3 is 5.97 Å². The van der Waals surface area contributed by atoms with Gasteiger partial charge in [-0.25, -0.2) is 9.18 Å². The van der Waals surface area contributed by atoms with Gasteiger partial charge in [0, 0.05) is 29.4 Å². The Kier molecular flexibility index (Phi) is 5.31. The van der Waals surface area contributed by atoms with Crippen LogP contribution in [0.1, 0.15) is 28.9 Å². The van der Waals surface area contributed by atoms with Gasteiger partial charge in [-0.15, -0.1) is 10.2 Å². The van der Waals surface area contributed by atoms with E-state index in [4.69, 9.17) is 4.74 Å². The smallest absolute Gasteiger partial charge is 0.339 e. The van der Waals surface area contributed by atoms with Crippen molar-refractivity contribution in [2.75, 3.05) is 19.0 Å². The van der Waals surface area contributed by atoms with Crippen LogP contribution in [0.3, 0.4) is 0 Å². The van der Waals surface area contributed by atoms with Gasteiger partial charge in [-0.2, -0.15) is 0 Å². The minimum absolute atomic E-state index is 0.0824. The molecule has 1 aromatic carbocycles. The lowest BCUT2D eigenvalue weighted by atomic mass is 9.65. The Morgan fingerprint density at radius 3 is 2.67 bits per heavy atom. The predicted molar refractivity (Wildman–Crippen MR) is 110 cm³/mol. The Hall–Kier alpha value is -3.55. The van der Waals surface area contributed by atoms with Crippen molar-refractivity contribution in [3.8, 4) is 17.0 Å². The van der Waals surface area contributed by atoms with Crippen LogP contribution in [0.5, 0.6) is 5.75 Å². The molecule has 1 saturated carbocycles. The van der Waals surface area contributed by atoms with Gasteiger partial charge in [0.25, 0.3) is 0 Å². The van der Waals surface area contributed by atoms with Gasteiger partial charge in [0.1, 0.15) is 23.3 Å². The van der Waals surface area contributed by atoms with E-state index in [1.165, 1.54) is 13.2 Å². The number of rotatable bonds is 7. The normalized spacial score (nSPS) is 20.3. The molecule has 0 bridgehead atoms. The van der Waals surface area contributed by atoms with Crippen LogP contribution in [0.2, 0.25) is 0 Å². The Balaban J connectivity index is 1.48. The summed E-state index contributed by atoms with van der Waals surface area (Å²) in [7, 11) is 1.42. The third-order valence-electron chi connectivity index (χ3n) is 5.43. The van der Waals surface area contributed by atoms with Crippen molar-refractivity contribution in [1.82, 2.24) is 15.2 Å². The van der Waals surface area contributed by atoms with Crippen LogP contribution >= 0.6 is 0 Å². The van der Waals surface area contributed by atoms with Crippen molar-refractivity contribution >= 4 is 11.8 Å². The maximum absolute atomic E-state index is 13.7. The summed E-state index contributed by atoms with van der Waals surface area (Å²) in [5, 5.41) is 20.9. The predicted octanol–water partition coefficient (Wildman–Crippen LogP) is 3.73. The fourth-order valence-electron chi connectivity index (χ4n) is 3.78. The van der Waals surface area contributed by atoms with E-state index in [9.17, 15) is 14.3 Å². The van der Waals surface area contributed by atoms with Gasteiger partial charge < -0.3 is 15.2 Å². The largest absolute Gasteiger partial charge is 0.496 e. The van der Waals surface area contributed by atoms with E-state index in [-0.39, 0.29) is 16.7 Å². The molecule has 2 N–H and O–H groups in total. The third-order valence-corrected chi connectivity index (χ3v) is 5.43. The fourth-order valence-corrected chi connectivity index (χ4v) is 3.78. The minimum atomic E-state index is -1.06. The minimum Gasteiger partial charge on any atom is -0.496 e. The number of carbonyl (C=O) groups is 1. The number of methoxy groups -OCH3 is 1. The van der Waals surface area contributed by atoms with Gasteiger partial charge in [-0.05, 0) is 49.2 Å². The molecule has 154 valence electrons. The first-order chi connectivity index (χ1) is 14.5. The summed E-state index contributed by atoms with van der Waals surface area (Å²) in [6.45, 7) is 0.513. The molecule has 1 fully saturated rings. The number of hydrogen-bond donors (Lipinski definition) is 2. The first-order valence-electron chi connectivity index (χ1n) is 9.56. The van der Waals surface area contributed by atoms with E-state index in [0.29, 0.717) is 36.5 Å². The Morgan fingerprint density at radius 2 is 2.07 bits per heavy atom. The highest BCUT2D eigenvalue weighted by Gasteiger charge is 2.46. The second-order valence-electron chi connectivity index (χ2n) is 7.38. The van der Waals surface area contributed by atoms with Crippen molar-refractivity contribution in [2.45, 2.75) is 24.4 Å². The van der Waals surface area contributed by atoms with Crippen LogP contribution in [0.25, 0.3) is 11.3 Å². The molecule has 3 aromatic rings. The molecule has 0 atom stereocenters. The Morgan fingerprint density at radius 1 is 1.23 bits per heavy atom. The number of benzene rings is 1. The summed E-state index contributed by atoms with van der Waals surface area (Å²) >= 11 is 0. The van der Waals surface area contributed by atoms with E-state index >= 15 is 0 Å². The number of carboxylic acids is 1. The second-order valence-corrected chi connectivity index (χ2v) is 7.38. The molecule has 0 radical (unpaired) electrons. The molecule has 0 unspecified atom stereocenters. The van der Waals surface area contributed by atoms with Gasteiger partial charge in [-0.1, -0.05) is 12.1 Å². The average Bonchev–Trinajstić information content (AvgIpc) is 2.76. The van der Waals surface area contributed by atoms with Crippen molar-refractivity contribution in [3.63, 3.8) is 0 Å². The Labute approximate surface area is 173 Å². The molecule has 1 aliphatic carbocycles. The van der Waals surface area contributed by atoms with Gasteiger partial charge in [-0.3, -0.25) is 4.98 Å². The number of anilines is 1. The molecule has 4 rings (SSSR count). The highest BCUT2D eigenvalue weighted by molar-refractivity contribution is 5.91. The van der Waals surface area contributed by atoms with Crippen LogP contribution in [-0.2, 0) is 5.41 Å². The number of aromatic carboxylic acids is 1. The van der Waals surface area contributed by atoms with Crippen molar-refractivity contribution in [2.24, 2.45) is 0 Å². The number of aromatic nitrogens is 3. The number of pyridine rings is 1. The summed E-state index contributed by atoms with van der Waals surface area (Å²) in [6, 6.07) is 14.0. The van der Waals surface area contributed by atoms with Gasteiger partial charge in [0.15, 0.2) is 0 Å². The van der Waals surface area contributed by atoms with Crippen LogP contribution in [0, 0.1) is 0 Å². The monoisotopic (exact) mass is 408 g/mol. The molecule has 0 amide bonds. The molecule has 0 spiro atoms. The lowest BCUT2D eigenvalue weighted by Crippen LogP contribution is -2.48. The molecule has 2 aromatic heterocycles. The van der Waals surface area contributed by atoms with Crippen molar-refractivity contribution in [1.29, 1.82) is 0 Å². The molecule has 0 saturated heterocycles. The first-order valence-corrected chi connectivity index (χ1v) is 9.56. The zero-order chi connectivity index (χ0) is 21.1. The number of alkyl halides is 1. The van der Waals surface area contributed by atoms with E-state index < -0.39 is 12.1 Å². The van der Waals surface area contributed by atoms with Crippen LogP contribution in [0.15, 0.2) is 54.7 Å². The van der Waals surface area contributed by atoms with Gasteiger partial charge in [0.2, 0.25) is 0 Å². The van der Waals surface area contributed by atoms with E-state index in [1.54, 1.807) is 30.5 Å². The topological polar surface area (TPSA) is 97.2 Å². The lowest BCUT2D eigenvalue weighted by molar-refractivity contribution is 0.0693. The zero-order valence-corrected chi connectivity index (χ0v) is 16.4. The SMILES string of the molecule is COc1cc(-c2ccc(NCC3(c4ccccn4)CC(F)C3)nn2)ccc1C(=O)O. The molecule has 30 heavy (non-hydrogen) atoms.